The van der Waals surface area contributed by atoms with Gasteiger partial charge in [0.2, 0.25) is 0 Å². The van der Waals surface area contributed by atoms with Crippen LogP contribution in [-0.2, 0) is 0 Å². The first-order valence-corrected chi connectivity index (χ1v) is 7.07. The van der Waals surface area contributed by atoms with E-state index in [1.54, 1.807) is 30.1 Å². The number of nitrogens with one attached hydrogen (secondary N) is 2. The zero-order valence-electron chi connectivity index (χ0n) is 12.6. The lowest BCUT2D eigenvalue weighted by Gasteiger charge is -2.09. The van der Waals surface area contributed by atoms with E-state index in [4.69, 9.17) is 4.74 Å². The van der Waals surface area contributed by atoms with E-state index >= 15 is 0 Å². The summed E-state index contributed by atoms with van der Waals surface area (Å²) in [7, 11) is 1.58. The van der Waals surface area contributed by atoms with Gasteiger partial charge in [-0.3, -0.25) is 0 Å². The number of ether oxygens (including phenoxy) is 1. The topological polar surface area (TPSA) is 68.2 Å². The van der Waals surface area contributed by atoms with Gasteiger partial charge in [-0.1, -0.05) is 6.07 Å². The number of nitrogens with zero attached hydrogens (tertiary/aromatic N) is 2. The number of carbonyl (C=O) groups excluding carboxylic acids is 1. The van der Waals surface area contributed by atoms with Crippen molar-refractivity contribution in [3.8, 4) is 11.4 Å². The van der Waals surface area contributed by atoms with Crippen LogP contribution in [0.1, 0.15) is 0 Å². The summed E-state index contributed by atoms with van der Waals surface area (Å²) in [5, 5.41) is 9.69. The van der Waals surface area contributed by atoms with Crippen LogP contribution in [0.4, 0.5) is 16.2 Å². The van der Waals surface area contributed by atoms with Gasteiger partial charge in [-0.05, 0) is 42.5 Å². The lowest BCUT2D eigenvalue weighted by molar-refractivity contribution is 0.262. The second-order valence-corrected chi connectivity index (χ2v) is 4.81. The average molecular weight is 308 g/mol. The summed E-state index contributed by atoms with van der Waals surface area (Å²) >= 11 is 0. The Hall–Kier alpha value is -3.28. The van der Waals surface area contributed by atoms with Gasteiger partial charge in [-0.25, -0.2) is 9.48 Å². The Balaban J connectivity index is 1.63. The fourth-order valence-corrected chi connectivity index (χ4v) is 2.11. The standard InChI is InChI=1S/C17H16N4O2/c1-23-16-5-2-4-14(12-16)20-17(22)19-13-6-8-15(9-7-13)21-11-3-10-18-21/h2-12H,1H3,(H2,19,20,22). The van der Waals surface area contributed by atoms with Crippen LogP contribution in [0, 0.1) is 0 Å². The minimum Gasteiger partial charge on any atom is -0.497 e. The van der Waals surface area contributed by atoms with Crippen molar-refractivity contribution in [2.75, 3.05) is 17.7 Å². The maximum Gasteiger partial charge on any atom is 0.323 e. The summed E-state index contributed by atoms with van der Waals surface area (Å²) in [6, 6.07) is 16.1. The van der Waals surface area contributed by atoms with E-state index in [1.807, 2.05) is 48.7 Å². The molecular formula is C17H16N4O2. The molecule has 6 heteroatoms. The SMILES string of the molecule is COc1cccc(NC(=O)Nc2ccc(-n3cccn3)cc2)c1. The van der Waals surface area contributed by atoms with Gasteiger partial charge in [0, 0.05) is 29.8 Å². The molecule has 2 N–H and O–H groups in total. The van der Waals surface area contributed by atoms with Crippen LogP contribution in [0.15, 0.2) is 67.0 Å². The van der Waals surface area contributed by atoms with Gasteiger partial charge in [-0.2, -0.15) is 5.10 Å². The molecule has 0 aliphatic carbocycles. The van der Waals surface area contributed by atoms with Crippen LogP contribution < -0.4 is 15.4 Å². The number of anilines is 2. The zero-order chi connectivity index (χ0) is 16.1. The molecule has 1 heterocycles. The van der Waals surface area contributed by atoms with Crippen molar-refractivity contribution in [3.63, 3.8) is 0 Å². The summed E-state index contributed by atoms with van der Waals surface area (Å²) in [5.41, 5.74) is 2.28. The predicted molar refractivity (Wildman–Crippen MR) is 89.2 cm³/mol. The van der Waals surface area contributed by atoms with E-state index < -0.39 is 0 Å². The molecule has 2 amide bonds. The molecule has 0 fully saturated rings. The van der Waals surface area contributed by atoms with Crippen LogP contribution in [0.25, 0.3) is 5.69 Å². The first-order valence-electron chi connectivity index (χ1n) is 7.07. The molecule has 0 saturated heterocycles. The van der Waals surface area contributed by atoms with E-state index in [0.717, 1.165) is 5.69 Å². The third-order valence-electron chi connectivity index (χ3n) is 3.22. The van der Waals surface area contributed by atoms with Gasteiger partial charge >= 0.3 is 6.03 Å². The normalized spacial score (nSPS) is 10.1. The molecule has 3 rings (SSSR count). The Kier molecular flexibility index (Phi) is 4.24. The van der Waals surface area contributed by atoms with Crippen molar-refractivity contribution in [1.29, 1.82) is 0 Å². The van der Waals surface area contributed by atoms with E-state index in [0.29, 0.717) is 17.1 Å². The first-order chi connectivity index (χ1) is 11.2. The Morgan fingerprint density at radius 1 is 1.04 bits per heavy atom. The van der Waals surface area contributed by atoms with E-state index in [-0.39, 0.29) is 6.03 Å². The fraction of sp³-hybridized carbons (Fsp3) is 0.0588. The average Bonchev–Trinajstić information content (AvgIpc) is 3.10. The minimum atomic E-state index is -0.315. The number of amides is 2. The lowest BCUT2D eigenvalue weighted by Crippen LogP contribution is -2.19. The van der Waals surface area contributed by atoms with Gasteiger partial charge < -0.3 is 15.4 Å². The number of carbonyl (C=O) groups is 1. The predicted octanol–water partition coefficient (Wildman–Crippen LogP) is 3.52. The highest BCUT2D eigenvalue weighted by atomic mass is 16.5. The summed E-state index contributed by atoms with van der Waals surface area (Å²) in [6.07, 6.45) is 3.58. The molecule has 6 nitrogen and oxygen atoms in total. The Morgan fingerprint density at radius 3 is 2.52 bits per heavy atom. The molecule has 0 unspecified atom stereocenters. The number of benzene rings is 2. The first kappa shape index (κ1) is 14.6. The second kappa shape index (κ2) is 6.65. The number of rotatable bonds is 4. The molecule has 2 aromatic carbocycles. The Labute approximate surface area is 133 Å². The maximum absolute atomic E-state index is 12.0. The van der Waals surface area contributed by atoms with Crippen molar-refractivity contribution in [1.82, 2.24) is 9.78 Å². The van der Waals surface area contributed by atoms with Crippen molar-refractivity contribution >= 4 is 17.4 Å². The van der Waals surface area contributed by atoms with E-state index in [2.05, 4.69) is 15.7 Å². The summed E-state index contributed by atoms with van der Waals surface area (Å²) < 4.78 is 6.87. The number of aromatic nitrogens is 2. The van der Waals surface area contributed by atoms with Crippen LogP contribution in [0.2, 0.25) is 0 Å². The largest absolute Gasteiger partial charge is 0.497 e. The molecule has 0 atom stereocenters. The van der Waals surface area contributed by atoms with Crippen molar-refractivity contribution in [3.05, 3.63) is 67.0 Å². The molecule has 0 radical (unpaired) electrons. The highest BCUT2D eigenvalue weighted by Gasteiger charge is 2.04. The molecular weight excluding hydrogens is 292 g/mol. The summed E-state index contributed by atoms with van der Waals surface area (Å²) in [6.45, 7) is 0. The van der Waals surface area contributed by atoms with Gasteiger partial charge in [0.15, 0.2) is 0 Å². The van der Waals surface area contributed by atoms with Gasteiger partial charge in [0.25, 0.3) is 0 Å². The molecule has 23 heavy (non-hydrogen) atoms. The van der Waals surface area contributed by atoms with Crippen LogP contribution >= 0.6 is 0 Å². The highest BCUT2D eigenvalue weighted by molar-refractivity contribution is 5.99. The molecule has 116 valence electrons. The minimum absolute atomic E-state index is 0.315. The van der Waals surface area contributed by atoms with Crippen molar-refractivity contribution in [2.45, 2.75) is 0 Å². The van der Waals surface area contributed by atoms with Crippen LogP contribution in [0.5, 0.6) is 5.75 Å². The fourth-order valence-electron chi connectivity index (χ4n) is 2.11. The van der Waals surface area contributed by atoms with Gasteiger partial charge in [0.05, 0.1) is 12.8 Å². The molecule has 3 aromatic rings. The third-order valence-corrected chi connectivity index (χ3v) is 3.22. The molecule has 1 aromatic heterocycles. The molecule has 0 spiro atoms. The van der Waals surface area contributed by atoms with E-state index in [9.17, 15) is 4.79 Å². The number of hydrogen-bond acceptors (Lipinski definition) is 3. The summed E-state index contributed by atoms with van der Waals surface area (Å²) in [4.78, 5) is 12.0. The second-order valence-electron chi connectivity index (χ2n) is 4.81. The number of urea groups is 1. The third kappa shape index (κ3) is 3.68. The molecule has 0 aliphatic rings. The Morgan fingerprint density at radius 2 is 1.83 bits per heavy atom. The van der Waals surface area contributed by atoms with E-state index in [1.165, 1.54) is 0 Å². The highest BCUT2D eigenvalue weighted by Crippen LogP contribution is 2.17. The van der Waals surface area contributed by atoms with Crippen LogP contribution in [-0.4, -0.2) is 22.9 Å². The number of methoxy groups -OCH3 is 1. The van der Waals surface area contributed by atoms with Gasteiger partial charge in [0.1, 0.15) is 5.75 Å². The van der Waals surface area contributed by atoms with Crippen LogP contribution in [0.3, 0.4) is 0 Å². The van der Waals surface area contributed by atoms with Crippen molar-refractivity contribution in [2.24, 2.45) is 0 Å². The smallest absolute Gasteiger partial charge is 0.323 e. The Bertz CT molecular complexity index is 783. The molecule has 0 bridgehead atoms. The number of hydrogen-bond donors (Lipinski definition) is 2. The monoisotopic (exact) mass is 308 g/mol. The quantitative estimate of drug-likeness (QED) is 0.775. The van der Waals surface area contributed by atoms with Gasteiger partial charge in [-0.15, -0.1) is 0 Å². The van der Waals surface area contributed by atoms with Crippen molar-refractivity contribution < 1.29 is 9.53 Å². The molecule has 0 saturated carbocycles. The zero-order valence-corrected chi connectivity index (χ0v) is 12.6. The molecule has 0 aliphatic heterocycles. The lowest BCUT2D eigenvalue weighted by atomic mass is 10.3. The summed E-state index contributed by atoms with van der Waals surface area (Å²) in [5.74, 6) is 0.686. The maximum atomic E-state index is 12.0.